The van der Waals surface area contributed by atoms with Gasteiger partial charge in [0.25, 0.3) is 5.56 Å². The number of rotatable bonds is 9. The molecule has 0 unspecified atom stereocenters. The molecule has 1 aromatic heterocycles. The summed E-state index contributed by atoms with van der Waals surface area (Å²) in [7, 11) is -3.58. The Morgan fingerprint density at radius 3 is 2.39 bits per heavy atom. The van der Waals surface area contributed by atoms with E-state index in [2.05, 4.69) is 9.71 Å². The van der Waals surface area contributed by atoms with Crippen LogP contribution in [0.25, 0.3) is 11.1 Å². The summed E-state index contributed by atoms with van der Waals surface area (Å²) < 4.78 is 65.7. The Labute approximate surface area is 190 Å². The second-order valence-electron chi connectivity index (χ2n) is 7.24. The minimum absolute atomic E-state index is 0.135. The summed E-state index contributed by atoms with van der Waals surface area (Å²) in [4.78, 5) is 14.7. The van der Waals surface area contributed by atoms with E-state index < -0.39 is 21.7 Å². The number of aryl methyl sites for hydroxylation is 1. The van der Waals surface area contributed by atoms with E-state index >= 15 is 0 Å². The second kappa shape index (κ2) is 10.0. The van der Waals surface area contributed by atoms with Gasteiger partial charge in [-0.3, -0.25) is 9.52 Å². The Balaban J connectivity index is 2.21. The first-order valence-electron chi connectivity index (χ1n) is 10.3. The molecule has 0 atom stereocenters. The van der Waals surface area contributed by atoms with E-state index in [-0.39, 0.29) is 34.2 Å². The summed E-state index contributed by atoms with van der Waals surface area (Å²) in [6.45, 7) is 5.40. The van der Waals surface area contributed by atoms with E-state index in [0.717, 1.165) is 12.1 Å². The molecule has 2 aromatic carbocycles. The molecule has 0 amide bonds. The van der Waals surface area contributed by atoms with Gasteiger partial charge in [-0.1, -0.05) is 6.92 Å². The largest absolute Gasteiger partial charge is 0.493 e. The van der Waals surface area contributed by atoms with Crippen LogP contribution in [0.3, 0.4) is 0 Å². The molecule has 0 saturated heterocycles. The van der Waals surface area contributed by atoms with Crippen molar-refractivity contribution in [2.45, 2.75) is 27.2 Å². The van der Waals surface area contributed by atoms with Crippen LogP contribution >= 0.6 is 0 Å². The lowest BCUT2D eigenvalue weighted by molar-refractivity contribution is 0.317. The van der Waals surface area contributed by atoms with E-state index in [9.17, 15) is 22.0 Å². The monoisotopic (exact) mass is 478 g/mol. The first kappa shape index (κ1) is 24.2. The summed E-state index contributed by atoms with van der Waals surface area (Å²) in [5, 5.41) is 0. The zero-order valence-corrected chi connectivity index (χ0v) is 19.2. The Morgan fingerprint density at radius 2 is 1.73 bits per heavy atom. The van der Waals surface area contributed by atoms with Gasteiger partial charge in [0.2, 0.25) is 10.0 Å². The van der Waals surface area contributed by atoms with Gasteiger partial charge >= 0.3 is 0 Å². The number of hydrogen-bond donors (Lipinski definition) is 2. The van der Waals surface area contributed by atoms with Crippen LogP contribution in [0.1, 0.15) is 26.0 Å². The molecule has 0 radical (unpaired) electrons. The van der Waals surface area contributed by atoms with Crippen molar-refractivity contribution in [3.8, 4) is 28.4 Å². The second-order valence-corrected chi connectivity index (χ2v) is 9.25. The average molecular weight is 479 g/mol. The Morgan fingerprint density at radius 1 is 1.00 bits per heavy atom. The molecule has 0 fully saturated rings. The molecule has 7 nitrogen and oxygen atoms in total. The highest BCUT2D eigenvalue weighted by Crippen LogP contribution is 2.41. The van der Waals surface area contributed by atoms with Crippen molar-refractivity contribution < 1.29 is 26.7 Å². The fourth-order valence-corrected chi connectivity index (χ4v) is 3.76. The summed E-state index contributed by atoms with van der Waals surface area (Å²) in [5.74, 6) is -1.61. The van der Waals surface area contributed by atoms with Crippen LogP contribution in [0, 0.1) is 18.6 Å². The van der Waals surface area contributed by atoms with Crippen molar-refractivity contribution in [2.75, 3.05) is 17.1 Å². The molecule has 3 aromatic rings. The van der Waals surface area contributed by atoms with E-state index in [0.29, 0.717) is 35.9 Å². The third-order valence-electron chi connectivity index (χ3n) is 4.67. The highest BCUT2D eigenvalue weighted by molar-refractivity contribution is 7.92. The van der Waals surface area contributed by atoms with Crippen molar-refractivity contribution in [3.63, 3.8) is 0 Å². The molecule has 2 N–H and O–H groups in total. The number of H-pyrrole nitrogens is 1. The highest BCUT2D eigenvalue weighted by atomic mass is 32.2. The number of aromatic nitrogens is 1. The summed E-state index contributed by atoms with van der Waals surface area (Å²) in [6, 6.07) is 8.60. The number of sulfonamides is 1. The minimum Gasteiger partial charge on any atom is -0.493 e. The van der Waals surface area contributed by atoms with Crippen LogP contribution in [0.15, 0.2) is 47.3 Å². The van der Waals surface area contributed by atoms with Gasteiger partial charge in [0.15, 0.2) is 11.6 Å². The van der Waals surface area contributed by atoms with Gasteiger partial charge < -0.3 is 14.5 Å². The maximum atomic E-state index is 14.3. The summed E-state index contributed by atoms with van der Waals surface area (Å²) >= 11 is 0. The number of benzene rings is 2. The molecular formula is C23H24F2N2O5S. The van der Waals surface area contributed by atoms with Crippen LogP contribution in [-0.2, 0) is 10.0 Å². The molecule has 3 rings (SSSR count). The van der Waals surface area contributed by atoms with Gasteiger partial charge in [-0.15, -0.1) is 0 Å². The number of halogens is 2. The molecule has 33 heavy (non-hydrogen) atoms. The number of pyridine rings is 1. The third kappa shape index (κ3) is 5.89. The fraction of sp³-hybridized carbons (Fsp3) is 0.261. The quantitative estimate of drug-likeness (QED) is 0.453. The average Bonchev–Trinajstić information content (AvgIpc) is 2.74. The molecule has 0 aliphatic carbocycles. The van der Waals surface area contributed by atoms with Gasteiger partial charge in [-0.2, -0.15) is 0 Å². The molecule has 0 saturated carbocycles. The van der Waals surface area contributed by atoms with Crippen LogP contribution in [0.2, 0.25) is 0 Å². The van der Waals surface area contributed by atoms with Gasteiger partial charge in [0.05, 0.1) is 12.4 Å². The Kier molecular flexibility index (Phi) is 7.37. The number of hydrogen-bond acceptors (Lipinski definition) is 5. The van der Waals surface area contributed by atoms with E-state index in [1.54, 1.807) is 6.92 Å². The number of aromatic amines is 1. The lowest BCUT2D eigenvalue weighted by atomic mass is 10.0. The van der Waals surface area contributed by atoms with Crippen LogP contribution in [-0.4, -0.2) is 25.8 Å². The smallest absolute Gasteiger partial charge is 0.251 e. The topological polar surface area (TPSA) is 97.5 Å². The van der Waals surface area contributed by atoms with E-state index in [4.69, 9.17) is 9.47 Å². The number of anilines is 1. The Hall–Kier alpha value is -3.40. The molecule has 176 valence electrons. The summed E-state index contributed by atoms with van der Waals surface area (Å²) in [6.07, 6.45) is 0.686. The lowest BCUT2D eigenvalue weighted by Gasteiger charge is -2.18. The van der Waals surface area contributed by atoms with Crippen LogP contribution < -0.4 is 19.8 Å². The third-order valence-corrected chi connectivity index (χ3v) is 5.98. The van der Waals surface area contributed by atoms with E-state index in [1.807, 2.05) is 6.92 Å². The minimum atomic E-state index is -3.58. The zero-order chi connectivity index (χ0) is 24.2. The lowest BCUT2D eigenvalue weighted by Crippen LogP contribution is -2.15. The first-order chi connectivity index (χ1) is 15.6. The molecule has 0 aliphatic heterocycles. The fourth-order valence-electron chi connectivity index (χ4n) is 3.13. The van der Waals surface area contributed by atoms with Gasteiger partial charge in [-0.05, 0) is 50.6 Å². The highest BCUT2D eigenvalue weighted by Gasteiger charge is 2.20. The zero-order valence-electron chi connectivity index (χ0n) is 18.4. The van der Waals surface area contributed by atoms with Gasteiger partial charge in [0.1, 0.15) is 17.3 Å². The molecule has 0 bridgehead atoms. The van der Waals surface area contributed by atoms with Crippen molar-refractivity contribution in [2.24, 2.45) is 0 Å². The molecule has 1 heterocycles. The maximum Gasteiger partial charge on any atom is 0.251 e. The first-order valence-corrected chi connectivity index (χ1v) is 11.9. The molecule has 0 aliphatic rings. The van der Waals surface area contributed by atoms with Gasteiger partial charge in [-0.25, -0.2) is 17.2 Å². The maximum absolute atomic E-state index is 14.3. The van der Waals surface area contributed by atoms with Crippen LogP contribution in [0.4, 0.5) is 14.5 Å². The predicted molar refractivity (Wildman–Crippen MR) is 123 cm³/mol. The van der Waals surface area contributed by atoms with Crippen molar-refractivity contribution in [3.05, 3.63) is 70.1 Å². The van der Waals surface area contributed by atoms with Crippen LogP contribution in [0.5, 0.6) is 17.2 Å². The molecule has 0 spiro atoms. The van der Waals surface area contributed by atoms with Crippen molar-refractivity contribution >= 4 is 15.7 Å². The normalized spacial score (nSPS) is 11.3. The SMILES string of the molecule is CCCOc1cc(=O)[nH]c(C)c1-c1cc(NS(=O)(=O)CC)ccc1Oc1ccc(F)cc1F. The summed E-state index contributed by atoms with van der Waals surface area (Å²) in [5.41, 5.74) is 1.09. The Bertz CT molecular complexity index is 1320. The standard InChI is InChI=1S/C23H24F2N2O5S/c1-4-10-31-21-13-22(28)26-14(3)23(21)17-12-16(27-33(29,30)5-2)7-9-19(17)32-20-8-6-15(24)11-18(20)25/h6-9,11-13,27H,4-5,10H2,1-3H3,(H,26,28). The number of nitrogens with one attached hydrogen (secondary N) is 2. The van der Waals surface area contributed by atoms with Crippen molar-refractivity contribution in [1.29, 1.82) is 0 Å². The van der Waals surface area contributed by atoms with Gasteiger partial charge in [0, 0.05) is 34.6 Å². The number of ether oxygens (including phenoxy) is 2. The molecule has 10 heteroatoms. The van der Waals surface area contributed by atoms with Crippen molar-refractivity contribution in [1.82, 2.24) is 4.98 Å². The van der Waals surface area contributed by atoms with E-state index in [1.165, 1.54) is 31.2 Å². The predicted octanol–water partition coefficient (Wildman–Crippen LogP) is 4.97. The molecular weight excluding hydrogens is 454 g/mol.